The van der Waals surface area contributed by atoms with Crippen molar-refractivity contribution in [3.8, 4) is 0 Å². The molecule has 9 heteroatoms. The van der Waals surface area contributed by atoms with E-state index in [9.17, 15) is 0 Å². The van der Waals surface area contributed by atoms with Gasteiger partial charge in [-0.3, -0.25) is 0 Å². The van der Waals surface area contributed by atoms with Crippen LogP contribution in [0.3, 0.4) is 0 Å². The fourth-order valence-electron chi connectivity index (χ4n) is 3.60. The van der Waals surface area contributed by atoms with E-state index in [0.717, 1.165) is 50.2 Å². The third kappa shape index (κ3) is 6.02. The lowest BCUT2D eigenvalue weighted by atomic mass is 9.94. The summed E-state index contributed by atoms with van der Waals surface area (Å²) in [4.78, 5) is 4.77. The standard InChI is InChI=1S/C18H32N6O2.HI/c1-14-22-23-16(24(14)2)12-19-17(21-15-6-4-5-7-15)20-13-18(25-3)8-10-26-11-9-18;/h15H,4-13H2,1-3H3,(H2,19,20,21);1H. The average molecular weight is 492 g/mol. The predicted molar refractivity (Wildman–Crippen MR) is 115 cm³/mol. The Labute approximate surface area is 178 Å². The summed E-state index contributed by atoms with van der Waals surface area (Å²) in [5.41, 5.74) is -0.183. The van der Waals surface area contributed by atoms with Gasteiger partial charge in [-0.2, -0.15) is 0 Å². The number of hydrogen-bond acceptors (Lipinski definition) is 5. The quantitative estimate of drug-likeness (QED) is 0.359. The number of nitrogens with one attached hydrogen (secondary N) is 2. The van der Waals surface area contributed by atoms with Crippen LogP contribution in [-0.2, 0) is 23.1 Å². The third-order valence-corrected chi connectivity index (χ3v) is 5.67. The molecule has 2 aliphatic rings. The molecule has 2 heterocycles. The number of aliphatic imine (C=N–C) groups is 1. The highest BCUT2D eigenvalue weighted by atomic mass is 127. The van der Waals surface area contributed by atoms with Gasteiger partial charge in [-0.05, 0) is 19.8 Å². The van der Waals surface area contributed by atoms with Crippen LogP contribution in [0.1, 0.15) is 50.2 Å². The number of guanidine groups is 1. The molecule has 1 aliphatic carbocycles. The van der Waals surface area contributed by atoms with Crippen molar-refractivity contribution in [3.05, 3.63) is 11.6 Å². The average Bonchev–Trinajstić information content (AvgIpc) is 3.29. The van der Waals surface area contributed by atoms with Crippen LogP contribution in [0.5, 0.6) is 0 Å². The molecule has 1 saturated heterocycles. The van der Waals surface area contributed by atoms with Gasteiger partial charge in [-0.1, -0.05) is 12.8 Å². The zero-order chi connectivity index (χ0) is 18.4. The molecule has 0 atom stereocenters. The van der Waals surface area contributed by atoms with Gasteiger partial charge < -0.3 is 24.7 Å². The van der Waals surface area contributed by atoms with Gasteiger partial charge in [0.25, 0.3) is 0 Å². The summed E-state index contributed by atoms with van der Waals surface area (Å²) in [6.07, 6.45) is 6.77. The second-order valence-corrected chi connectivity index (χ2v) is 7.37. The van der Waals surface area contributed by atoms with Gasteiger partial charge in [0.05, 0.1) is 5.60 Å². The lowest BCUT2D eigenvalue weighted by Gasteiger charge is -2.36. The monoisotopic (exact) mass is 492 g/mol. The van der Waals surface area contributed by atoms with Gasteiger partial charge in [-0.25, -0.2) is 4.99 Å². The van der Waals surface area contributed by atoms with E-state index in [0.29, 0.717) is 12.6 Å². The molecule has 3 rings (SSSR count). The molecule has 0 amide bonds. The molecule has 8 nitrogen and oxygen atoms in total. The van der Waals surface area contributed by atoms with Crippen LogP contribution in [0.15, 0.2) is 4.99 Å². The molecule has 1 aromatic rings. The molecule has 0 radical (unpaired) electrons. The van der Waals surface area contributed by atoms with E-state index in [-0.39, 0.29) is 29.6 Å². The summed E-state index contributed by atoms with van der Waals surface area (Å²) in [5, 5.41) is 15.4. The SMILES string of the molecule is COC1(CNC(=NCc2nnc(C)n2C)NC2CCCC2)CCOCC1.I. The minimum absolute atomic E-state index is 0. The largest absolute Gasteiger partial charge is 0.381 e. The number of aryl methyl sites for hydroxylation is 1. The van der Waals surface area contributed by atoms with E-state index >= 15 is 0 Å². The first-order chi connectivity index (χ1) is 12.6. The Kier molecular flexibility index (Phi) is 8.74. The molecule has 0 spiro atoms. The van der Waals surface area contributed by atoms with E-state index in [1.54, 1.807) is 7.11 Å². The Morgan fingerprint density at radius 3 is 2.59 bits per heavy atom. The van der Waals surface area contributed by atoms with Crippen molar-refractivity contribution in [2.45, 2.75) is 63.6 Å². The van der Waals surface area contributed by atoms with Crippen molar-refractivity contribution in [1.29, 1.82) is 0 Å². The van der Waals surface area contributed by atoms with Crippen molar-refractivity contribution >= 4 is 29.9 Å². The number of hydrogen-bond donors (Lipinski definition) is 2. The zero-order valence-electron chi connectivity index (χ0n) is 16.7. The highest BCUT2D eigenvalue weighted by Gasteiger charge is 2.32. The Morgan fingerprint density at radius 2 is 2.00 bits per heavy atom. The zero-order valence-corrected chi connectivity index (χ0v) is 19.0. The molecule has 0 unspecified atom stereocenters. The van der Waals surface area contributed by atoms with Gasteiger partial charge in [0, 0.05) is 52.8 Å². The number of rotatable bonds is 6. The van der Waals surface area contributed by atoms with Crippen molar-refractivity contribution in [2.24, 2.45) is 12.0 Å². The van der Waals surface area contributed by atoms with E-state index < -0.39 is 0 Å². The molecule has 1 saturated carbocycles. The fourth-order valence-corrected chi connectivity index (χ4v) is 3.60. The summed E-state index contributed by atoms with van der Waals surface area (Å²) in [6.45, 7) is 4.67. The highest BCUT2D eigenvalue weighted by molar-refractivity contribution is 14.0. The van der Waals surface area contributed by atoms with Gasteiger partial charge in [0.2, 0.25) is 0 Å². The first-order valence-corrected chi connectivity index (χ1v) is 9.64. The molecule has 2 N–H and O–H groups in total. The van der Waals surface area contributed by atoms with Crippen LogP contribution in [-0.4, -0.2) is 59.2 Å². The number of aromatic nitrogens is 3. The summed E-state index contributed by atoms with van der Waals surface area (Å²) >= 11 is 0. The van der Waals surface area contributed by atoms with Crippen LogP contribution < -0.4 is 10.6 Å². The second kappa shape index (κ2) is 10.6. The Balaban J connectivity index is 0.00000261. The van der Waals surface area contributed by atoms with E-state index in [4.69, 9.17) is 14.5 Å². The van der Waals surface area contributed by atoms with Crippen LogP contribution in [0, 0.1) is 6.92 Å². The maximum atomic E-state index is 5.83. The predicted octanol–water partition coefficient (Wildman–Crippen LogP) is 1.91. The lowest BCUT2D eigenvalue weighted by molar-refractivity contribution is -0.0855. The van der Waals surface area contributed by atoms with Crippen molar-refractivity contribution in [2.75, 3.05) is 26.9 Å². The molecule has 154 valence electrons. The Hall–Kier alpha value is -0.940. The van der Waals surface area contributed by atoms with Crippen LogP contribution >= 0.6 is 24.0 Å². The minimum Gasteiger partial charge on any atom is -0.381 e. The Bertz CT molecular complexity index is 609. The van der Waals surface area contributed by atoms with E-state index in [1.807, 2.05) is 18.5 Å². The number of halogens is 1. The first-order valence-electron chi connectivity index (χ1n) is 9.64. The normalized spacial score (nSPS) is 20.3. The smallest absolute Gasteiger partial charge is 0.192 e. The van der Waals surface area contributed by atoms with Crippen LogP contribution in [0.4, 0.5) is 0 Å². The summed E-state index contributed by atoms with van der Waals surface area (Å²) < 4.78 is 13.3. The Morgan fingerprint density at radius 1 is 1.30 bits per heavy atom. The van der Waals surface area contributed by atoms with Gasteiger partial charge in [-0.15, -0.1) is 34.2 Å². The molecular formula is C18H33IN6O2. The van der Waals surface area contributed by atoms with Crippen molar-refractivity contribution < 1.29 is 9.47 Å². The maximum Gasteiger partial charge on any atom is 0.192 e. The minimum atomic E-state index is -0.183. The van der Waals surface area contributed by atoms with Gasteiger partial charge in [0.1, 0.15) is 12.4 Å². The first kappa shape index (κ1) is 22.4. The van der Waals surface area contributed by atoms with E-state index in [1.165, 1.54) is 25.7 Å². The highest BCUT2D eigenvalue weighted by Crippen LogP contribution is 2.23. The van der Waals surface area contributed by atoms with Crippen LogP contribution in [0.2, 0.25) is 0 Å². The second-order valence-electron chi connectivity index (χ2n) is 7.37. The molecule has 0 bridgehead atoms. The van der Waals surface area contributed by atoms with Crippen molar-refractivity contribution in [3.63, 3.8) is 0 Å². The number of nitrogens with zero attached hydrogens (tertiary/aromatic N) is 4. The fraction of sp³-hybridized carbons (Fsp3) is 0.833. The number of methoxy groups -OCH3 is 1. The molecule has 27 heavy (non-hydrogen) atoms. The number of ether oxygens (including phenoxy) is 2. The molecule has 1 aliphatic heterocycles. The lowest BCUT2D eigenvalue weighted by Crippen LogP contribution is -2.52. The maximum absolute atomic E-state index is 5.83. The van der Waals surface area contributed by atoms with E-state index in [2.05, 4.69) is 20.8 Å². The third-order valence-electron chi connectivity index (χ3n) is 5.67. The molecule has 0 aromatic carbocycles. The van der Waals surface area contributed by atoms with Gasteiger partial charge in [0.15, 0.2) is 11.8 Å². The summed E-state index contributed by atoms with van der Waals surface area (Å²) in [5.74, 6) is 2.59. The summed E-state index contributed by atoms with van der Waals surface area (Å²) in [7, 11) is 3.76. The molecule has 1 aromatic heterocycles. The molecule has 2 fully saturated rings. The van der Waals surface area contributed by atoms with Crippen LogP contribution in [0.25, 0.3) is 0 Å². The topological polar surface area (TPSA) is 85.6 Å². The summed E-state index contributed by atoms with van der Waals surface area (Å²) in [6, 6.07) is 0.496. The van der Waals surface area contributed by atoms with Crippen molar-refractivity contribution in [1.82, 2.24) is 25.4 Å². The molecular weight excluding hydrogens is 459 g/mol. The van der Waals surface area contributed by atoms with Gasteiger partial charge >= 0.3 is 0 Å².